The van der Waals surface area contributed by atoms with Gasteiger partial charge in [-0.05, 0) is 96.8 Å². The van der Waals surface area contributed by atoms with Gasteiger partial charge in [0.1, 0.15) is 23.0 Å². The second kappa shape index (κ2) is 14.8. The summed E-state index contributed by atoms with van der Waals surface area (Å²) >= 11 is 12.7. The molecule has 0 aliphatic carbocycles. The number of methoxy groups -OCH3 is 2. The molecule has 2 N–H and O–H groups in total. The van der Waals surface area contributed by atoms with Crippen molar-refractivity contribution < 1.29 is 19.7 Å². The minimum atomic E-state index is 0.260. The zero-order chi connectivity index (χ0) is 30.4. The summed E-state index contributed by atoms with van der Waals surface area (Å²) in [5, 5.41) is 21.5. The Kier molecular flexibility index (Phi) is 11.4. The van der Waals surface area contributed by atoms with Gasteiger partial charge in [-0.3, -0.25) is 0 Å². The first-order valence-electron chi connectivity index (χ1n) is 12.8. The summed E-state index contributed by atoms with van der Waals surface area (Å²) in [5.41, 5.74) is 4.53. The number of rotatable bonds is 4. The van der Waals surface area contributed by atoms with Gasteiger partial charge in [-0.2, -0.15) is 0 Å². The van der Waals surface area contributed by atoms with Crippen molar-refractivity contribution in [2.24, 2.45) is 0 Å². The van der Waals surface area contributed by atoms with Crippen molar-refractivity contribution in [3.05, 3.63) is 94.7 Å². The van der Waals surface area contributed by atoms with Crippen LogP contribution in [0.5, 0.6) is 23.0 Å². The lowest BCUT2D eigenvalue weighted by Gasteiger charge is -2.08. The summed E-state index contributed by atoms with van der Waals surface area (Å²) in [6.45, 7) is 4.16. The van der Waals surface area contributed by atoms with Crippen LogP contribution in [0, 0.1) is 13.8 Å². The lowest BCUT2D eigenvalue weighted by atomic mass is 10.0. The number of benzene rings is 4. The highest BCUT2D eigenvalue weighted by Crippen LogP contribution is 2.41. The molecule has 0 spiro atoms. The summed E-state index contributed by atoms with van der Waals surface area (Å²) in [6.07, 6.45) is 0. The number of aryl methyl sites for hydroxylation is 2. The molecule has 0 fully saturated rings. The van der Waals surface area contributed by atoms with Crippen LogP contribution in [0.25, 0.3) is 42.4 Å². The molecule has 2 aromatic heterocycles. The number of phenolic OH excluding ortho intramolecular Hbond substituents is 2. The number of fused-ring (bicyclic) bond motifs is 2. The van der Waals surface area contributed by atoms with Crippen molar-refractivity contribution in [3.8, 4) is 45.3 Å². The van der Waals surface area contributed by atoms with Gasteiger partial charge in [-0.1, -0.05) is 24.3 Å². The van der Waals surface area contributed by atoms with E-state index in [4.69, 9.17) is 9.47 Å². The maximum Gasteiger partial charge on any atom is 0.369 e. The van der Waals surface area contributed by atoms with Gasteiger partial charge in [0.15, 0.2) is 0 Å². The quantitative estimate of drug-likeness (QED) is 0.175. The van der Waals surface area contributed by atoms with Crippen molar-refractivity contribution in [1.29, 1.82) is 0 Å². The highest BCUT2D eigenvalue weighted by Gasteiger charge is 2.12. The molecule has 0 radical (unpaired) electrons. The van der Waals surface area contributed by atoms with Crippen molar-refractivity contribution >= 4 is 93.3 Å². The Balaban J connectivity index is 0.000000172. The zero-order valence-electron chi connectivity index (χ0n) is 23.3. The van der Waals surface area contributed by atoms with E-state index in [-0.39, 0.29) is 8.93 Å². The lowest BCUT2D eigenvalue weighted by molar-refractivity contribution is 0.415. The van der Waals surface area contributed by atoms with Crippen LogP contribution in [-0.2, 0) is 0 Å². The Hall–Kier alpha value is -2.50. The fourth-order valence-corrected chi connectivity index (χ4v) is 6.51. The first kappa shape index (κ1) is 32.4. The SMILES string of the molecule is BrB(Br)Br.COc1ccc(-c2ccc(OC)c3sc(C)cc23)cc1.Cc1cc2c(-c3ccc(O)cc3)ccc(O)c2s1. The Bertz CT molecular complexity index is 1780. The Morgan fingerprint density at radius 2 is 1.10 bits per heavy atom. The van der Waals surface area contributed by atoms with Gasteiger partial charge in [0.05, 0.1) is 23.6 Å². The zero-order valence-corrected chi connectivity index (χ0v) is 29.7. The first-order valence-corrected chi connectivity index (χ1v) is 17.1. The smallest absolute Gasteiger partial charge is 0.369 e. The van der Waals surface area contributed by atoms with E-state index in [0.29, 0.717) is 5.75 Å². The minimum Gasteiger partial charge on any atom is -0.508 e. The van der Waals surface area contributed by atoms with E-state index in [0.717, 1.165) is 32.7 Å². The largest absolute Gasteiger partial charge is 0.508 e. The summed E-state index contributed by atoms with van der Waals surface area (Å²) in [5.74, 6) is 2.40. The number of halogens is 3. The fraction of sp³-hybridized carbons (Fsp3) is 0.125. The Morgan fingerprint density at radius 1 is 0.619 bits per heavy atom. The third-order valence-electron chi connectivity index (χ3n) is 6.36. The molecule has 216 valence electrons. The highest BCUT2D eigenvalue weighted by atomic mass is 79.9. The average Bonchev–Trinajstić information content (AvgIpc) is 3.56. The number of hydrogen-bond donors (Lipinski definition) is 2. The predicted octanol–water partition coefficient (Wildman–Crippen LogP) is 11.3. The molecule has 42 heavy (non-hydrogen) atoms. The summed E-state index contributed by atoms with van der Waals surface area (Å²) < 4.78 is 13.1. The maximum absolute atomic E-state index is 9.87. The predicted molar refractivity (Wildman–Crippen MR) is 193 cm³/mol. The van der Waals surface area contributed by atoms with Crippen LogP contribution in [0.1, 0.15) is 9.75 Å². The van der Waals surface area contributed by atoms with E-state index in [1.54, 1.807) is 55.1 Å². The number of thiophene rings is 2. The highest BCUT2D eigenvalue weighted by molar-refractivity contribution is 9.69. The lowest BCUT2D eigenvalue weighted by Crippen LogP contribution is -1.86. The van der Waals surface area contributed by atoms with E-state index >= 15 is 0 Å². The normalized spacial score (nSPS) is 10.5. The molecule has 0 bridgehead atoms. The molecule has 4 nitrogen and oxygen atoms in total. The second-order valence-corrected chi connectivity index (χ2v) is 18.1. The van der Waals surface area contributed by atoms with Crippen molar-refractivity contribution in [2.75, 3.05) is 14.2 Å². The van der Waals surface area contributed by atoms with Crippen LogP contribution in [0.4, 0.5) is 0 Å². The van der Waals surface area contributed by atoms with Crippen LogP contribution in [0.15, 0.2) is 84.9 Å². The van der Waals surface area contributed by atoms with Crippen LogP contribution in [-0.4, -0.2) is 27.6 Å². The van der Waals surface area contributed by atoms with E-state index in [1.165, 1.54) is 31.0 Å². The van der Waals surface area contributed by atoms with E-state index < -0.39 is 0 Å². The topological polar surface area (TPSA) is 58.9 Å². The standard InChI is InChI=1S/C17H16O2S.C15H12O2S.BBr3/c1-11-10-15-14(8-9-16(19-3)17(15)20-11)12-4-6-13(18-2)7-5-12;1-9-8-13-12(6-7-14(17)15(13)18-9)10-2-4-11(16)5-3-10;2-1(3)4/h4-10H,1-3H3;2-8,16-17H,1H3;. The molecule has 0 atom stereocenters. The molecule has 6 aromatic rings. The summed E-state index contributed by atoms with van der Waals surface area (Å²) in [7, 11) is 3.40. The van der Waals surface area contributed by atoms with Gasteiger partial charge < -0.3 is 19.7 Å². The van der Waals surface area contributed by atoms with Gasteiger partial charge in [-0.25, -0.2) is 0 Å². The molecule has 0 amide bonds. The molecular formula is C32H28BBr3O4S2. The molecule has 0 aliphatic heterocycles. The number of ether oxygens (including phenoxy) is 2. The van der Waals surface area contributed by atoms with E-state index in [9.17, 15) is 10.2 Å². The third-order valence-corrected chi connectivity index (χ3v) is 8.49. The molecule has 0 unspecified atom stereocenters. The van der Waals surface area contributed by atoms with Crippen molar-refractivity contribution in [3.63, 3.8) is 0 Å². The van der Waals surface area contributed by atoms with Crippen LogP contribution in [0.3, 0.4) is 0 Å². The fourth-order valence-electron chi connectivity index (χ4n) is 4.53. The second-order valence-electron chi connectivity index (χ2n) is 9.17. The third kappa shape index (κ3) is 7.91. The Labute approximate surface area is 278 Å². The first-order chi connectivity index (χ1) is 20.1. The van der Waals surface area contributed by atoms with Crippen LogP contribution in [0.2, 0.25) is 0 Å². The average molecular weight is 791 g/mol. The van der Waals surface area contributed by atoms with Gasteiger partial charge in [0, 0.05) is 20.5 Å². The molecule has 0 aliphatic rings. The summed E-state index contributed by atoms with van der Waals surface area (Å²) in [4.78, 5) is 2.46. The number of hydrogen-bond acceptors (Lipinski definition) is 6. The van der Waals surface area contributed by atoms with Crippen molar-refractivity contribution in [1.82, 2.24) is 0 Å². The van der Waals surface area contributed by atoms with Gasteiger partial charge in [0.2, 0.25) is 0 Å². The van der Waals surface area contributed by atoms with Crippen molar-refractivity contribution in [2.45, 2.75) is 13.8 Å². The number of phenols is 2. The van der Waals surface area contributed by atoms with E-state index in [2.05, 4.69) is 84.5 Å². The molecule has 10 heteroatoms. The van der Waals surface area contributed by atoms with Gasteiger partial charge in [-0.15, -0.1) is 69.9 Å². The van der Waals surface area contributed by atoms with Crippen LogP contribution < -0.4 is 9.47 Å². The monoisotopic (exact) mass is 788 g/mol. The molecule has 2 heterocycles. The van der Waals surface area contributed by atoms with E-state index in [1.807, 2.05) is 43.3 Å². The Morgan fingerprint density at radius 3 is 1.62 bits per heavy atom. The molecule has 4 aromatic carbocycles. The summed E-state index contributed by atoms with van der Waals surface area (Å²) in [6, 6.07) is 27.4. The van der Waals surface area contributed by atoms with Crippen LogP contribution >= 0.6 is 69.9 Å². The minimum absolute atomic E-state index is 0.260. The molecule has 0 saturated carbocycles. The van der Waals surface area contributed by atoms with Gasteiger partial charge >= 0.3 is 3.18 Å². The van der Waals surface area contributed by atoms with Gasteiger partial charge in [0.25, 0.3) is 0 Å². The maximum atomic E-state index is 9.87. The molecular weight excluding hydrogens is 763 g/mol. The molecule has 0 saturated heterocycles. The number of aromatic hydroxyl groups is 2. The molecule has 6 rings (SSSR count).